The fraction of sp³-hybridized carbons (Fsp3) is 0.714. The Bertz CT molecular complexity index is 323. The largest absolute Gasteiger partial charge is 0.481 e. The maximum atomic E-state index is 11.9. The lowest BCUT2D eigenvalue weighted by Crippen LogP contribution is -2.37. The molecule has 0 heterocycles. The van der Waals surface area contributed by atoms with Gasteiger partial charge in [-0.25, -0.2) is 0 Å². The summed E-state index contributed by atoms with van der Waals surface area (Å²) in [4.78, 5) is 22.9. The number of allylic oxidation sites excluding steroid dienone is 2. The molecule has 1 rings (SSSR count). The summed E-state index contributed by atoms with van der Waals surface area (Å²) in [7, 11) is 0. The van der Waals surface area contributed by atoms with Crippen LogP contribution < -0.4 is 5.32 Å². The number of carboxylic acid groups (broad SMARTS) is 1. The van der Waals surface area contributed by atoms with Crippen LogP contribution in [0.1, 0.15) is 39.5 Å². The highest BCUT2D eigenvalue weighted by Crippen LogP contribution is 2.18. The summed E-state index contributed by atoms with van der Waals surface area (Å²) in [5.74, 6) is -0.973. The van der Waals surface area contributed by atoms with Crippen LogP contribution in [0.4, 0.5) is 0 Å². The van der Waals surface area contributed by atoms with Crippen molar-refractivity contribution in [2.24, 2.45) is 17.8 Å². The fourth-order valence-corrected chi connectivity index (χ4v) is 2.24. The summed E-state index contributed by atoms with van der Waals surface area (Å²) in [6.07, 6.45) is 7.28. The van der Waals surface area contributed by atoms with Gasteiger partial charge in [-0.1, -0.05) is 26.0 Å². The number of rotatable bonds is 6. The van der Waals surface area contributed by atoms with Crippen molar-refractivity contribution in [2.45, 2.75) is 39.5 Å². The number of hydrogen-bond donors (Lipinski definition) is 2. The summed E-state index contributed by atoms with van der Waals surface area (Å²) < 4.78 is 0. The van der Waals surface area contributed by atoms with Crippen molar-refractivity contribution in [1.82, 2.24) is 5.32 Å². The maximum absolute atomic E-state index is 11.9. The van der Waals surface area contributed by atoms with Crippen LogP contribution in [0.2, 0.25) is 0 Å². The van der Waals surface area contributed by atoms with Crippen LogP contribution in [0.3, 0.4) is 0 Å². The molecular formula is C14H23NO3. The molecule has 1 aliphatic rings. The van der Waals surface area contributed by atoms with Crippen molar-refractivity contribution in [1.29, 1.82) is 0 Å². The second-order valence-corrected chi connectivity index (χ2v) is 5.39. The Morgan fingerprint density at radius 2 is 2.11 bits per heavy atom. The van der Waals surface area contributed by atoms with E-state index in [0.717, 1.165) is 19.3 Å². The van der Waals surface area contributed by atoms with Gasteiger partial charge in [0.25, 0.3) is 0 Å². The number of nitrogens with one attached hydrogen (secondary N) is 1. The van der Waals surface area contributed by atoms with Crippen molar-refractivity contribution >= 4 is 11.9 Å². The zero-order valence-electron chi connectivity index (χ0n) is 11.2. The van der Waals surface area contributed by atoms with E-state index in [1.807, 2.05) is 19.9 Å². The molecule has 2 unspecified atom stereocenters. The maximum Gasteiger partial charge on any atom is 0.308 e. The zero-order valence-corrected chi connectivity index (χ0v) is 11.2. The monoisotopic (exact) mass is 253 g/mol. The average Bonchev–Trinajstić information content (AvgIpc) is 2.34. The zero-order chi connectivity index (χ0) is 13.5. The Kier molecular flexibility index (Phi) is 5.89. The van der Waals surface area contributed by atoms with E-state index in [0.29, 0.717) is 12.3 Å². The van der Waals surface area contributed by atoms with Crippen molar-refractivity contribution in [2.75, 3.05) is 6.54 Å². The van der Waals surface area contributed by atoms with E-state index < -0.39 is 11.9 Å². The quantitative estimate of drug-likeness (QED) is 0.713. The normalized spacial score (nSPS) is 20.7. The standard InChI is InChI=1S/C14H23NO3/c1-10(2)8-12(14(17)18)9-15-13(16)11-6-4-3-5-7-11/h3-4,10-12H,5-9H2,1-2H3,(H,15,16)(H,17,18). The SMILES string of the molecule is CC(C)CC(CNC(=O)C1CC=CCC1)C(=O)O. The minimum absolute atomic E-state index is 0.00523. The first kappa shape index (κ1) is 14.7. The summed E-state index contributed by atoms with van der Waals surface area (Å²) in [6, 6.07) is 0. The minimum atomic E-state index is -0.826. The summed E-state index contributed by atoms with van der Waals surface area (Å²) in [5, 5.41) is 11.9. The van der Waals surface area contributed by atoms with E-state index >= 15 is 0 Å². The molecule has 0 aromatic heterocycles. The van der Waals surface area contributed by atoms with E-state index in [4.69, 9.17) is 5.11 Å². The van der Waals surface area contributed by atoms with Crippen LogP contribution in [-0.2, 0) is 9.59 Å². The molecule has 4 nitrogen and oxygen atoms in total. The third-order valence-electron chi connectivity index (χ3n) is 3.27. The average molecular weight is 253 g/mol. The van der Waals surface area contributed by atoms with Gasteiger partial charge in [0.05, 0.1) is 5.92 Å². The predicted molar refractivity (Wildman–Crippen MR) is 70.1 cm³/mol. The minimum Gasteiger partial charge on any atom is -0.481 e. The van der Waals surface area contributed by atoms with Gasteiger partial charge in [-0.05, 0) is 31.6 Å². The van der Waals surface area contributed by atoms with E-state index in [1.54, 1.807) is 0 Å². The van der Waals surface area contributed by atoms with Crippen molar-refractivity contribution in [3.05, 3.63) is 12.2 Å². The Morgan fingerprint density at radius 1 is 1.39 bits per heavy atom. The highest BCUT2D eigenvalue weighted by Gasteiger charge is 2.23. The van der Waals surface area contributed by atoms with Crippen molar-refractivity contribution in [3.63, 3.8) is 0 Å². The van der Waals surface area contributed by atoms with Gasteiger partial charge in [0.15, 0.2) is 0 Å². The van der Waals surface area contributed by atoms with Crippen LogP contribution >= 0.6 is 0 Å². The molecule has 2 atom stereocenters. The third-order valence-corrected chi connectivity index (χ3v) is 3.27. The second kappa shape index (κ2) is 7.19. The topological polar surface area (TPSA) is 66.4 Å². The highest BCUT2D eigenvalue weighted by atomic mass is 16.4. The first-order chi connectivity index (χ1) is 8.50. The molecule has 0 aliphatic heterocycles. The number of carbonyl (C=O) groups is 2. The molecule has 0 bridgehead atoms. The van der Waals surface area contributed by atoms with E-state index in [1.165, 1.54) is 0 Å². The van der Waals surface area contributed by atoms with Gasteiger partial charge in [0.2, 0.25) is 5.91 Å². The molecule has 102 valence electrons. The smallest absolute Gasteiger partial charge is 0.308 e. The van der Waals surface area contributed by atoms with Gasteiger partial charge in [-0.2, -0.15) is 0 Å². The van der Waals surface area contributed by atoms with Crippen molar-refractivity contribution in [3.8, 4) is 0 Å². The Morgan fingerprint density at radius 3 is 2.61 bits per heavy atom. The number of aliphatic carboxylic acids is 1. The summed E-state index contributed by atoms with van der Waals surface area (Å²) in [6.45, 7) is 4.22. The van der Waals surface area contributed by atoms with Gasteiger partial charge in [-0.3, -0.25) is 9.59 Å². The third kappa shape index (κ3) is 4.90. The summed E-state index contributed by atoms with van der Waals surface area (Å²) in [5.41, 5.74) is 0. The van der Waals surface area contributed by atoms with Gasteiger partial charge in [0.1, 0.15) is 0 Å². The molecule has 0 fully saturated rings. The number of carbonyl (C=O) groups excluding carboxylic acids is 1. The molecule has 4 heteroatoms. The van der Waals surface area contributed by atoms with Crippen LogP contribution in [0.15, 0.2) is 12.2 Å². The first-order valence-electron chi connectivity index (χ1n) is 6.66. The number of carboxylic acids is 1. The molecule has 1 aliphatic carbocycles. The number of hydrogen-bond acceptors (Lipinski definition) is 2. The van der Waals surface area contributed by atoms with Crippen LogP contribution in [0.5, 0.6) is 0 Å². The van der Waals surface area contributed by atoms with Crippen LogP contribution in [0, 0.1) is 17.8 Å². The van der Waals surface area contributed by atoms with E-state index in [2.05, 4.69) is 11.4 Å². The van der Waals surface area contributed by atoms with Crippen LogP contribution in [-0.4, -0.2) is 23.5 Å². The molecular weight excluding hydrogens is 230 g/mol. The molecule has 1 amide bonds. The Balaban J connectivity index is 2.39. The molecule has 0 aromatic carbocycles. The lowest BCUT2D eigenvalue weighted by Gasteiger charge is -2.20. The van der Waals surface area contributed by atoms with Gasteiger partial charge in [0, 0.05) is 12.5 Å². The molecule has 0 radical (unpaired) electrons. The fourth-order valence-electron chi connectivity index (χ4n) is 2.24. The van der Waals surface area contributed by atoms with Crippen LogP contribution in [0.25, 0.3) is 0 Å². The lowest BCUT2D eigenvalue weighted by molar-refractivity contribution is -0.142. The van der Waals surface area contributed by atoms with Gasteiger partial charge < -0.3 is 10.4 Å². The Hall–Kier alpha value is -1.32. The van der Waals surface area contributed by atoms with E-state index in [-0.39, 0.29) is 18.4 Å². The highest BCUT2D eigenvalue weighted by molar-refractivity contribution is 5.80. The molecule has 2 N–H and O–H groups in total. The molecule has 0 saturated carbocycles. The van der Waals surface area contributed by atoms with Gasteiger partial charge in [-0.15, -0.1) is 0 Å². The predicted octanol–water partition coefficient (Wildman–Crippen LogP) is 2.21. The van der Waals surface area contributed by atoms with E-state index in [9.17, 15) is 9.59 Å². The first-order valence-corrected chi connectivity index (χ1v) is 6.66. The molecule has 0 spiro atoms. The van der Waals surface area contributed by atoms with Crippen molar-refractivity contribution < 1.29 is 14.7 Å². The van der Waals surface area contributed by atoms with Gasteiger partial charge >= 0.3 is 5.97 Å². The second-order valence-electron chi connectivity index (χ2n) is 5.39. The number of amides is 1. The molecule has 18 heavy (non-hydrogen) atoms. The summed E-state index contributed by atoms with van der Waals surface area (Å²) >= 11 is 0. The molecule has 0 saturated heterocycles. The Labute approximate surface area is 108 Å². The lowest BCUT2D eigenvalue weighted by atomic mass is 9.93. The molecule has 0 aromatic rings.